The van der Waals surface area contributed by atoms with Crippen molar-refractivity contribution < 1.29 is 14.2 Å². The molecule has 0 aliphatic carbocycles. The Hall–Kier alpha value is -0.120. The molecule has 15 heavy (non-hydrogen) atoms. The van der Waals surface area contributed by atoms with E-state index in [0.29, 0.717) is 19.1 Å². The van der Waals surface area contributed by atoms with E-state index in [9.17, 15) is 0 Å². The van der Waals surface area contributed by atoms with E-state index in [1.54, 1.807) is 0 Å². The van der Waals surface area contributed by atoms with Gasteiger partial charge in [0.05, 0.1) is 25.4 Å². The zero-order valence-corrected chi connectivity index (χ0v) is 10.8. The Morgan fingerprint density at radius 3 is 1.93 bits per heavy atom. The third kappa shape index (κ3) is 10.2. The fourth-order valence-electron chi connectivity index (χ4n) is 1.15. The molecule has 92 valence electrons. The minimum absolute atomic E-state index is 0.145. The van der Waals surface area contributed by atoms with Crippen LogP contribution in [0.3, 0.4) is 0 Å². The minimum Gasteiger partial charge on any atom is -0.379 e. The lowest BCUT2D eigenvalue weighted by atomic mass is 10.2. The third-order valence-electron chi connectivity index (χ3n) is 1.87. The van der Waals surface area contributed by atoms with E-state index in [2.05, 4.69) is 13.8 Å². The second kappa shape index (κ2) is 9.13. The Balaban J connectivity index is 3.36. The molecule has 0 fully saturated rings. The first kappa shape index (κ1) is 14.9. The van der Waals surface area contributed by atoms with Gasteiger partial charge in [0.2, 0.25) is 0 Å². The fraction of sp³-hybridized carbons (Fsp3) is 1.00. The molecule has 2 atom stereocenters. The molecule has 0 aromatic carbocycles. The molecule has 0 N–H and O–H groups in total. The van der Waals surface area contributed by atoms with E-state index in [-0.39, 0.29) is 12.2 Å². The van der Waals surface area contributed by atoms with Crippen LogP contribution in [0.4, 0.5) is 0 Å². The molecule has 0 aliphatic rings. The standard InChI is InChI=1S/C12H26O3/c1-6-14-12(5)9-15-11(4)8-13-7-10(2)3/h10-12H,6-9H2,1-5H3. The van der Waals surface area contributed by atoms with Crippen LogP contribution in [0.2, 0.25) is 0 Å². The SMILES string of the molecule is CCOC(C)COC(C)COCC(C)C. The van der Waals surface area contributed by atoms with Crippen LogP contribution in [0.25, 0.3) is 0 Å². The zero-order valence-electron chi connectivity index (χ0n) is 10.8. The maximum Gasteiger partial charge on any atom is 0.0781 e. The van der Waals surface area contributed by atoms with Gasteiger partial charge >= 0.3 is 0 Å². The van der Waals surface area contributed by atoms with Gasteiger partial charge in [-0.1, -0.05) is 13.8 Å². The molecule has 0 heterocycles. The summed E-state index contributed by atoms with van der Waals surface area (Å²) in [4.78, 5) is 0. The predicted molar refractivity (Wildman–Crippen MR) is 62.2 cm³/mol. The molecule has 0 spiro atoms. The molecule has 0 aliphatic heterocycles. The molecular weight excluding hydrogens is 192 g/mol. The highest BCUT2D eigenvalue weighted by Crippen LogP contribution is 1.99. The molecule has 0 aromatic heterocycles. The lowest BCUT2D eigenvalue weighted by Crippen LogP contribution is -2.24. The molecule has 3 nitrogen and oxygen atoms in total. The largest absolute Gasteiger partial charge is 0.379 e. The smallest absolute Gasteiger partial charge is 0.0781 e. The normalized spacial score (nSPS) is 15.6. The number of hydrogen-bond acceptors (Lipinski definition) is 3. The van der Waals surface area contributed by atoms with Crippen LogP contribution in [0.15, 0.2) is 0 Å². The molecule has 0 rings (SSSR count). The van der Waals surface area contributed by atoms with Crippen molar-refractivity contribution in [2.24, 2.45) is 5.92 Å². The van der Waals surface area contributed by atoms with Gasteiger partial charge < -0.3 is 14.2 Å². The van der Waals surface area contributed by atoms with Crippen LogP contribution in [-0.4, -0.2) is 38.6 Å². The highest BCUT2D eigenvalue weighted by atomic mass is 16.6. The molecule has 0 saturated heterocycles. The van der Waals surface area contributed by atoms with Crippen LogP contribution in [0, 0.1) is 5.92 Å². The van der Waals surface area contributed by atoms with Crippen LogP contribution in [0.5, 0.6) is 0 Å². The molecule has 0 radical (unpaired) electrons. The van der Waals surface area contributed by atoms with Crippen molar-refractivity contribution in [3.05, 3.63) is 0 Å². The first-order valence-corrected chi connectivity index (χ1v) is 5.87. The van der Waals surface area contributed by atoms with Gasteiger partial charge in [0.1, 0.15) is 0 Å². The fourth-order valence-corrected chi connectivity index (χ4v) is 1.15. The maximum absolute atomic E-state index is 5.59. The topological polar surface area (TPSA) is 27.7 Å². The van der Waals surface area contributed by atoms with Crippen molar-refractivity contribution in [3.8, 4) is 0 Å². The molecular formula is C12H26O3. The molecule has 0 saturated carbocycles. The first-order chi connectivity index (χ1) is 7.06. The van der Waals surface area contributed by atoms with Crippen molar-refractivity contribution in [2.75, 3.05) is 26.4 Å². The van der Waals surface area contributed by atoms with Gasteiger partial charge in [-0.15, -0.1) is 0 Å². The number of ether oxygens (including phenoxy) is 3. The summed E-state index contributed by atoms with van der Waals surface area (Å²) >= 11 is 0. The maximum atomic E-state index is 5.59. The Morgan fingerprint density at radius 1 is 0.800 bits per heavy atom. The Morgan fingerprint density at radius 2 is 1.40 bits per heavy atom. The van der Waals surface area contributed by atoms with Crippen LogP contribution >= 0.6 is 0 Å². The summed E-state index contributed by atoms with van der Waals surface area (Å²) in [6, 6.07) is 0. The summed E-state index contributed by atoms with van der Waals surface area (Å²) in [5.74, 6) is 0.583. The molecule has 3 heteroatoms. The zero-order chi connectivity index (χ0) is 11.7. The van der Waals surface area contributed by atoms with Crippen LogP contribution in [-0.2, 0) is 14.2 Å². The molecule has 0 amide bonds. The second-order valence-corrected chi connectivity index (χ2v) is 4.34. The van der Waals surface area contributed by atoms with Gasteiger partial charge in [-0.25, -0.2) is 0 Å². The summed E-state index contributed by atoms with van der Waals surface area (Å²) in [6.07, 6.45) is 0.314. The molecule has 2 unspecified atom stereocenters. The van der Waals surface area contributed by atoms with Crippen molar-refractivity contribution >= 4 is 0 Å². The highest BCUT2D eigenvalue weighted by Gasteiger charge is 2.06. The van der Waals surface area contributed by atoms with E-state index >= 15 is 0 Å². The summed E-state index contributed by atoms with van der Waals surface area (Å²) < 4.78 is 16.4. The van der Waals surface area contributed by atoms with Gasteiger partial charge in [-0.2, -0.15) is 0 Å². The summed E-state index contributed by atoms with van der Waals surface area (Å²) in [6.45, 7) is 13.2. The van der Waals surface area contributed by atoms with Crippen molar-refractivity contribution in [3.63, 3.8) is 0 Å². The lowest BCUT2D eigenvalue weighted by molar-refractivity contribution is -0.0572. The van der Waals surface area contributed by atoms with E-state index in [0.717, 1.165) is 13.2 Å². The summed E-state index contributed by atoms with van der Waals surface area (Å²) in [5, 5.41) is 0. The van der Waals surface area contributed by atoms with E-state index in [1.165, 1.54) is 0 Å². The quantitative estimate of drug-likeness (QED) is 0.595. The Kier molecular flexibility index (Phi) is 9.06. The minimum atomic E-state index is 0.145. The average Bonchev–Trinajstić information content (AvgIpc) is 2.14. The molecule has 0 bridgehead atoms. The lowest BCUT2D eigenvalue weighted by Gasteiger charge is -2.17. The van der Waals surface area contributed by atoms with Gasteiger partial charge in [0, 0.05) is 13.2 Å². The Bertz CT molecular complexity index is 137. The van der Waals surface area contributed by atoms with Crippen LogP contribution < -0.4 is 0 Å². The molecule has 0 aromatic rings. The van der Waals surface area contributed by atoms with Gasteiger partial charge in [0.25, 0.3) is 0 Å². The van der Waals surface area contributed by atoms with E-state index in [4.69, 9.17) is 14.2 Å². The Labute approximate surface area is 94.1 Å². The predicted octanol–water partition coefficient (Wildman–Crippen LogP) is 2.49. The second-order valence-electron chi connectivity index (χ2n) is 4.34. The van der Waals surface area contributed by atoms with Gasteiger partial charge in [-0.05, 0) is 26.7 Å². The summed E-state index contributed by atoms with van der Waals surface area (Å²) in [7, 11) is 0. The number of hydrogen-bond donors (Lipinski definition) is 0. The number of rotatable bonds is 9. The first-order valence-electron chi connectivity index (χ1n) is 5.87. The van der Waals surface area contributed by atoms with Crippen LogP contribution in [0.1, 0.15) is 34.6 Å². The van der Waals surface area contributed by atoms with Crippen molar-refractivity contribution in [1.82, 2.24) is 0 Å². The van der Waals surface area contributed by atoms with Gasteiger partial charge in [0.15, 0.2) is 0 Å². The van der Waals surface area contributed by atoms with E-state index in [1.807, 2.05) is 20.8 Å². The third-order valence-corrected chi connectivity index (χ3v) is 1.87. The van der Waals surface area contributed by atoms with Gasteiger partial charge in [-0.3, -0.25) is 0 Å². The average molecular weight is 218 g/mol. The van der Waals surface area contributed by atoms with Crippen molar-refractivity contribution in [2.45, 2.75) is 46.8 Å². The summed E-state index contributed by atoms with van der Waals surface area (Å²) in [5.41, 5.74) is 0. The highest BCUT2D eigenvalue weighted by molar-refractivity contribution is 4.52. The van der Waals surface area contributed by atoms with Crippen molar-refractivity contribution in [1.29, 1.82) is 0 Å². The monoisotopic (exact) mass is 218 g/mol. The van der Waals surface area contributed by atoms with E-state index < -0.39 is 0 Å².